The normalized spacial score (nSPS) is 12.0. The number of fused-ring (bicyclic) bond motifs is 1. The van der Waals surface area contributed by atoms with Crippen molar-refractivity contribution >= 4 is 46.4 Å². The van der Waals surface area contributed by atoms with Crippen molar-refractivity contribution in [1.29, 1.82) is 0 Å². The van der Waals surface area contributed by atoms with Gasteiger partial charge in [0.15, 0.2) is 16.6 Å². The third-order valence-electron chi connectivity index (χ3n) is 3.60. The lowest BCUT2D eigenvalue weighted by Gasteiger charge is -2.11. The third-order valence-corrected chi connectivity index (χ3v) is 5.30. The summed E-state index contributed by atoms with van der Waals surface area (Å²) in [5, 5.41) is 7.82. The van der Waals surface area contributed by atoms with Gasteiger partial charge in [-0.25, -0.2) is 0 Å². The van der Waals surface area contributed by atoms with Crippen LogP contribution < -0.4 is 20.1 Å². The molecule has 0 aliphatic carbocycles. The number of ether oxygens (including phenoxy) is 2. The number of benzene rings is 2. The Hall–Kier alpha value is -1.63. The second-order valence-electron chi connectivity index (χ2n) is 5.45. The maximum absolute atomic E-state index is 6.15. The molecule has 1 aliphatic heterocycles. The zero-order chi connectivity index (χ0) is 17.5. The molecule has 0 aromatic heterocycles. The van der Waals surface area contributed by atoms with Crippen LogP contribution in [0, 0.1) is 0 Å². The highest BCUT2D eigenvalue weighted by Crippen LogP contribution is 2.34. The Balaban J connectivity index is 1.31. The van der Waals surface area contributed by atoms with E-state index >= 15 is 0 Å². The van der Waals surface area contributed by atoms with Gasteiger partial charge < -0.3 is 20.1 Å². The van der Waals surface area contributed by atoms with Gasteiger partial charge in [0.05, 0.1) is 0 Å². The Kier molecular flexibility index (Phi) is 6.67. The van der Waals surface area contributed by atoms with Crippen LogP contribution in [0.15, 0.2) is 42.5 Å². The van der Waals surface area contributed by atoms with E-state index in [-0.39, 0.29) is 6.79 Å². The SMILES string of the molecule is S=C(NCCCSCc1ccccc1Cl)Nc1ccc2c(c1)OCO2. The Labute approximate surface area is 162 Å². The van der Waals surface area contributed by atoms with E-state index in [0.29, 0.717) is 5.11 Å². The first-order valence-corrected chi connectivity index (χ1v) is 9.92. The number of halogens is 1. The average Bonchev–Trinajstić information content (AvgIpc) is 3.07. The van der Waals surface area contributed by atoms with Crippen LogP contribution in [0.1, 0.15) is 12.0 Å². The molecule has 132 valence electrons. The summed E-state index contributed by atoms with van der Waals surface area (Å²) in [6, 6.07) is 13.6. The molecule has 0 radical (unpaired) electrons. The molecular formula is C18H19ClN2O2S2. The van der Waals surface area contributed by atoms with Crippen molar-refractivity contribution in [3.63, 3.8) is 0 Å². The van der Waals surface area contributed by atoms with Gasteiger partial charge in [-0.05, 0) is 48.2 Å². The van der Waals surface area contributed by atoms with Gasteiger partial charge in [-0.15, -0.1) is 0 Å². The van der Waals surface area contributed by atoms with Crippen LogP contribution in [0.5, 0.6) is 11.5 Å². The summed E-state index contributed by atoms with van der Waals surface area (Å²) in [5.74, 6) is 3.48. The zero-order valence-electron chi connectivity index (χ0n) is 13.6. The highest BCUT2D eigenvalue weighted by Gasteiger charge is 2.13. The fourth-order valence-corrected chi connectivity index (χ4v) is 3.79. The molecule has 0 amide bonds. The smallest absolute Gasteiger partial charge is 0.231 e. The first-order chi connectivity index (χ1) is 12.2. The molecule has 0 spiro atoms. The Morgan fingerprint density at radius 2 is 2.00 bits per heavy atom. The second-order valence-corrected chi connectivity index (χ2v) is 7.37. The van der Waals surface area contributed by atoms with Gasteiger partial charge >= 0.3 is 0 Å². The minimum absolute atomic E-state index is 0.271. The average molecular weight is 395 g/mol. The lowest BCUT2D eigenvalue weighted by Crippen LogP contribution is -2.29. The fourth-order valence-electron chi connectivity index (χ4n) is 2.32. The van der Waals surface area contributed by atoms with Crippen LogP contribution in [0.2, 0.25) is 5.02 Å². The molecule has 0 saturated heterocycles. The van der Waals surface area contributed by atoms with Gasteiger partial charge in [-0.3, -0.25) is 0 Å². The molecule has 25 heavy (non-hydrogen) atoms. The van der Waals surface area contributed by atoms with E-state index in [0.717, 1.165) is 46.7 Å². The largest absolute Gasteiger partial charge is 0.454 e. The molecule has 2 aromatic carbocycles. The van der Waals surface area contributed by atoms with E-state index in [4.69, 9.17) is 33.3 Å². The number of anilines is 1. The maximum atomic E-state index is 6.15. The molecule has 2 aromatic rings. The van der Waals surface area contributed by atoms with Crippen molar-refractivity contribution in [3.8, 4) is 11.5 Å². The molecule has 1 heterocycles. The lowest BCUT2D eigenvalue weighted by molar-refractivity contribution is 0.174. The van der Waals surface area contributed by atoms with Crippen LogP contribution in [0.25, 0.3) is 0 Å². The van der Waals surface area contributed by atoms with Crippen LogP contribution in [0.3, 0.4) is 0 Å². The summed E-state index contributed by atoms with van der Waals surface area (Å²) in [5.41, 5.74) is 2.07. The van der Waals surface area contributed by atoms with Crippen molar-refractivity contribution in [2.75, 3.05) is 24.4 Å². The van der Waals surface area contributed by atoms with E-state index in [2.05, 4.69) is 16.7 Å². The van der Waals surface area contributed by atoms with Crippen molar-refractivity contribution in [2.45, 2.75) is 12.2 Å². The second kappa shape index (κ2) is 9.17. The summed E-state index contributed by atoms with van der Waals surface area (Å²) in [6.45, 7) is 1.10. The van der Waals surface area contributed by atoms with Gasteiger partial charge in [0.2, 0.25) is 6.79 Å². The fraction of sp³-hybridized carbons (Fsp3) is 0.278. The quantitative estimate of drug-likeness (QED) is 0.525. The number of rotatable bonds is 7. The van der Waals surface area contributed by atoms with Crippen molar-refractivity contribution in [3.05, 3.63) is 53.1 Å². The lowest BCUT2D eigenvalue weighted by atomic mass is 10.2. The number of hydrogen-bond acceptors (Lipinski definition) is 4. The summed E-state index contributed by atoms with van der Waals surface area (Å²) in [7, 11) is 0. The summed E-state index contributed by atoms with van der Waals surface area (Å²) < 4.78 is 10.6. The van der Waals surface area contributed by atoms with E-state index < -0.39 is 0 Å². The number of nitrogens with one attached hydrogen (secondary N) is 2. The number of thiocarbonyl (C=S) groups is 1. The number of hydrogen-bond donors (Lipinski definition) is 2. The first-order valence-electron chi connectivity index (χ1n) is 7.98. The molecule has 1 aliphatic rings. The minimum atomic E-state index is 0.271. The summed E-state index contributed by atoms with van der Waals surface area (Å²) in [4.78, 5) is 0. The molecule has 0 fully saturated rings. The highest BCUT2D eigenvalue weighted by atomic mass is 35.5. The van der Waals surface area contributed by atoms with Crippen LogP contribution in [-0.4, -0.2) is 24.2 Å². The van der Waals surface area contributed by atoms with E-state index in [9.17, 15) is 0 Å². The molecule has 7 heteroatoms. The molecule has 0 saturated carbocycles. The maximum Gasteiger partial charge on any atom is 0.231 e. The van der Waals surface area contributed by atoms with Crippen LogP contribution >= 0.6 is 35.6 Å². The van der Waals surface area contributed by atoms with Crippen LogP contribution in [0.4, 0.5) is 5.69 Å². The summed E-state index contributed by atoms with van der Waals surface area (Å²) >= 11 is 13.3. The number of thioether (sulfide) groups is 1. The summed E-state index contributed by atoms with van der Waals surface area (Å²) in [6.07, 6.45) is 1.03. The molecular weight excluding hydrogens is 376 g/mol. The molecule has 4 nitrogen and oxygen atoms in total. The van der Waals surface area contributed by atoms with E-state index in [1.165, 1.54) is 5.56 Å². The predicted octanol–water partition coefficient (Wildman–Crippen LogP) is 4.68. The van der Waals surface area contributed by atoms with Crippen LogP contribution in [-0.2, 0) is 5.75 Å². The van der Waals surface area contributed by atoms with Gasteiger partial charge in [-0.2, -0.15) is 11.8 Å². The molecule has 2 N–H and O–H groups in total. The van der Waals surface area contributed by atoms with E-state index in [1.54, 1.807) is 0 Å². The molecule has 3 rings (SSSR count). The minimum Gasteiger partial charge on any atom is -0.454 e. The Morgan fingerprint density at radius 1 is 1.16 bits per heavy atom. The van der Waals surface area contributed by atoms with Gasteiger partial charge in [0.1, 0.15) is 0 Å². The first kappa shape index (κ1) is 18.2. The predicted molar refractivity (Wildman–Crippen MR) is 109 cm³/mol. The van der Waals surface area contributed by atoms with Gasteiger partial charge in [-0.1, -0.05) is 29.8 Å². The van der Waals surface area contributed by atoms with Gasteiger partial charge in [0.25, 0.3) is 0 Å². The molecule has 0 unspecified atom stereocenters. The van der Waals surface area contributed by atoms with Gasteiger partial charge in [0, 0.05) is 29.1 Å². The van der Waals surface area contributed by atoms with Crippen molar-refractivity contribution in [1.82, 2.24) is 5.32 Å². The Morgan fingerprint density at radius 3 is 2.88 bits per heavy atom. The zero-order valence-corrected chi connectivity index (χ0v) is 16.0. The Bertz CT molecular complexity index is 743. The standard InChI is InChI=1S/C18H19ClN2O2S2/c19-15-5-2-1-4-13(15)11-25-9-3-8-20-18(24)21-14-6-7-16-17(10-14)23-12-22-16/h1-2,4-7,10H,3,8-9,11-12H2,(H2,20,21,24). The van der Waals surface area contributed by atoms with E-state index in [1.807, 2.05) is 48.2 Å². The molecule has 0 atom stereocenters. The van der Waals surface area contributed by atoms with Crippen molar-refractivity contribution < 1.29 is 9.47 Å². The highest BCUT2D eigenvalue weighted by molar-refractivity contribution is 7.98. The third kappa shape index (κ3) is 5.42. The molecule has 0 bridgehead atoms. The van der Waals surface area contributed by atoms with Crippen molar-refractivity contribution in [2.24, 2.45) is 0 Å². The monoisotopic (exact) mass is 394 g/mol. The topological polar surface area (TPSA) is 42.5 Å².